The molecule has 0 spiro atoms. The molecule has 1 aromatic heterocycles. The van der Waals surface area contributed by atoms with Gasteiger partial charge in [-0.1, -0.05) is 25.5 Å². The van der Waals surface area contributed by atoms with E-state index in [1.807, 2.05) is 6.92 Å². The van der Waals surface area contributed by atoms with E-state index in [9.17, 15) is 14.4 Å². The molecule has 0 radical (unpaired) electrons. The molecule has 8 nitrogen and oxygen atoms in total. The van der Waals surface area contributed by atoms with Crippen LogP contribution in [0.4, 0.5) is 0 Å². The Balaban J connectivity index is 1.90. The van der Waals surface area contributed by atoms with Gasteiger partial charge in [0.15, 0.2) is 0 Å². The molecule has 1 unspecified atom stereocenters. The third-order valence-electron chi connectivity index (χ3n) is 4.26. The second-order valence-corrected chi connectivity index (χ2v) is 5.94. The van der Waals surface area contributed by atoms with E-state index in [1.54, 1.807) is 24.3 Å². The number of nitrogens with one attached hydrogen (secondary N) is 1. The Morgan fingerprint density at radius 2 is 1.84 bits per heavy atom. The second-order valence-electron chi connectivity index (χ2n) is 5.94. The first-order valence-corrected chi connectivity index (χ1v) is 8.04. The molecule has 2 heterocycles. The maximum Gasteiger partial charge on any atom is 0.267 e. The molecule has 0 aliphatic carbocycles. The third-order valence-corrected chi connectivity index (χ3v) is 4.26. The van der Waals surface area contributed by atoms with Crippen LogP contribution in [0.3, 0.4) is 0 Å². The Kier molecular flexibility index (Phi) is 4.37. The van der Waals surface area contributed by atoms with Crippen LogP contribution in [0.25, 0.3) is 0 Å². The van der Waals surface area contributed by atoms with Gasteiger partial charge in [-0.05, 0) is 18.6 Å². The second kappa shape index (κ2) is 6.48. The lowest BCUT2D eigenvalue weighted by molar-refractivity contribution is 0.0587. The SMILES string of the molecule is CCCc1n[nH]c(C(N)=O)c1CC(N)N1C(=O)c2ccccc2C1=O. The van der Waals surface area contributed by atoms with Crippen molar-refractivity contribution < 1.29 is 14.4 Å². The fourth-order valence-electron chi connectivity index (χ4n) is 3.08. The van der Waals surface area contributed by atoms with Crippen molar-refractivity contribution >= 4 is 17.7 Å². The van der Waals surface area contributed by atoms with Gasteiger partial charge in [-0.15, -0.1) is 0 Å². The Labute approximate surface area is 144 Å². The van der Waals surface area contributed by atoms with Crippen LogP contribution < -0.4 is 11.5 Å². The number of amides is 3. The van der Waals surface area contributed by atoms with Crippen LogP contribution in [0.2, 0.25) is 0 Å². The van der Waals surface area contributed by atoms with E-state index in [2.05, 4.69) is 10.2 Å². The van der Waals surface area contributed by atoms with E-state index in [-0.39, 0.29) is 12.1 Å². The minimum Gasteiger partial charge on any atom is -0.364 e. The van der Waals surface area contributed by atoms with Gasteiger partial charge in [-0.2, -0.15) is 5.10 Å². The van der Waals surface area contributed by atoms with E-state index in [4.69, 9.17) is 11.5 Å². The lowest BCUT2D eigenvalue weighted by atomic mass is 10.0. The molecule has 0 saturated heterocycles. The summed E-state index contributed by atoms with van der Waals surface area (Å²) in [5.74, 6) is -1.53. The number of rotatable bonds is 6. The molecule has 130 valence electrons. The van der Waals surface area contributed by atoms with Gasteiger partial charge in [-0.3, -0.25) is 24.4 Å². The molecule has 0 bridgehead atoms. The zero-order valence-electron chi connectivity index (χ0n) is 13.8. The highest BCUT2D eigenvalue weighted by Gasteiger charge is 2.39. The summed E-state index contributed by atoms with van der Waals surface area (Å²) in [6.07, 6.45) is 0.640. The molecule has 25 heavy (non-hydrogen) atoms. The number of hydrogen-bond acceptors (Lipinski definition) is 5. The first kappa shape index (κ1) is 16.8. The van der Waals surface area contributed by atoms with Crippen LogP contribution in [0.15, 0.2) is 24.3 Å². The van der Waals surface area contributed by atoms with Crippen molar-refractivity contribution in [2.24, 2.45) is 11.5 Å². The molecule has 1 aliphatic heterocycles. The number of aryl methyl sites for hydroxylation is 1. The highest BCUT2D eigenvalue weighted by molar-refractivity contribution is 6.21. The fourth-order valence-corrected chi connectivity index (χ4v) is 3.08. The van der Waals surface area contributed by atoms with Gasteiger partial charge in [0.05, 0.1) is 23.0 Å². The molecule has 5 N–H and O–H groups in total. The predicted octanol–water partition coefficient (Wildman–Crippen LogP) is 0.585. The number of aromatic nitrogens is 2. The Morgan fingerprint density at radius 3 is 2.36 bits per heavy atom. The Morgan fingerprint density at radius 1 is 1.24 bits per heavy atom. The maximum absolute atomic E-state index is 12.5. The Hall–Kier alpha value is -3.00. The molecule has 1 atom stereocenters. The summed E-state index contributed by atoms with van der Waals surface area (Å²) >= 11 is 0. The highest BCUT2D eigenvalue weighted by atomic mass is 16.2. The van der Waals surface area contributed by atoms with Crippen LogP contribution in [-0.2, 0) is 12.8 Å². The van der Waals surface area contributed by atoms with Crippen LogP contribution in [0, 0.1) is 0 Å². The number of carbonyl (C=O) groups is 3. The quantitative estimate of drug-likeness (QED) is 0.661. The van der Waals surface area contributed by atoms with Crippen molar-refractivity contribution in [3.63, 3.8) is 0 Å². The number of aromatic amines is 1. The van der Waals surface area contributed by atoms with Crippen LogP contribution in [0.1, 0.15) is 55.8 Å². The minimum atomic E-state index is -0.918. The highest BCUT2D eigenvalue weighted by Crippen LogP contribution is 2.25. The van der Waals surface area contributed by atoms with Gasteiger partial charge >= 0.3 is 0 Å². The summed E-state index contributed by atoms with van der Waals surface area (Å²) in [5.41, 5.74) is 13.6. The van der Waals surface area contributed by atoms with Gasteiger partial charge in [0.25, 0.3) is 17.7 Å². The molecule has 8 heteroatoms. The molecular formula is C17H19N5O3. The largest absolute Gasteiger partial charge is 0.364 e. The molecule has 0 saturated carbocycles. The molecule has 0 fully saturated rings. The number of nitrogens with two attached hydrogens (primary N) is 2. The third kappa shape index (κ3) is 2.80. The molecular weight excluding hydrogens is 322 g/mol. The van der Waals surface area contributed by atoms with Crippen molar-refractivity contribution in [2.75, 3.05) is 0 Å². The molecule has 3 rings (SSSR count). The molecule has 1 aromatic carbocycles. The topological polar surface area (TPSA) is 135 Å². The van der Waals surface area contributed by atoms with Gasteiger partial charge in [0.1, 0.15) is 5.69 Å². The predicted molar refractivity (Wildman–Crippen MR) is 89.7 cm³/mol. The zero-order chi connectivity index (χ0) is 18.1. The Bertz CT molecular complexity index is 823. The smallest absolute Gasteiger partial charge is 0.267 e. The van der Waals surface area contributed by atoms with E-state index >= 15 is 0 Å². The number of carbonyl (C=O) groups excluding carboxylic acids is 3. The van der Waals surface area contributed by atoms with E-state index < -0.39 is 23.9 Å². The lowest BCUT2D eigenvalue weighted by Gasteiger charge is -2.22. The van der Waals surface area contributed by atoms with Gasteiger partial charge in [-0.25, -0.2) is 0 Å². The molecule has 1 aliphatic rings. The first-order chi connectivity index (χ1) is 12.0. The van der Waals surface area contributed by atoms with Crippen molar-refractivity contribution in [1.29, 1.82) is 0 Å². The zero-order valence-corrected chi connectivity index (χ0v) is 13.8. The summed E-state index contributed by atoms with van der Waals surface area (Å²) < 4.78 is 0. The first-order valence-electron chi connectivity index (χ1n) is 8.04. The minimum absolute atomic E-state index is 0.107. The average molecular weight is 341 g/mol. The number of nitrogens with zero attached hydrogens (tertiary/aromatic N) is 2. The number of primary amides is 1. The molecule has 2 aromatic rings. The van der Waals surface area contributed by atoms with E-state index in [0.29, 0.717) is 28.8 Å². The summed E-state index contributed by atoms with van der Waals surface area (Å²) in [7, 11) is 0. The number of fused-ring (bicyclic) bond motifs is 1. The van der Waals surface area contributed by atoms with Crippen molar-refractivity contribution in [3.8, 4) is 0 Å². The number of hydrogen-bond donors (Lipinski definition) is 3. The monoisotopic (exact) mass is 341 g/mol. The standard InChI is InChI=1S/C17H19N5O3/c1-2-5-12-11(14(15(19)23)21-20-12)8-13(18)22-16(24)9-6-3-4-7-10(9)17(22)25/h3-4,6-7,13H,2,5,8,18H2,1H3,(H2,19,23)(H,20,21). The van der Waals surface area contributed by atoms with Crippen molar-refractivity contribution in [1.82, 2.24) is 15.1 Å². The lowest BCUT2D eigenvalue weighted by Crippen LogP contribution is -2.47. The average Bonchev–Trinajstić information content (AvgIpc) is 3.08. The fraction of sp³-hybridized carbons (Fsp3) is 0.294. The van der Waals surface area contributed by atoms with E-state index in [1.165, 1.54) is 0 Å². The van der Waals surface area contributed by atoms with E-state index in [0.717, 1.165) is 11.3 Å². The summed E-state index contributed by atoms with van der Waals surface area (Å²) in [5, 5.41) is 6.74. The summed E-state index contributed by atoms with van der Waals surface area (Å²) in [6.45, 7) is 1.98. The van der Waals surface area contributed by atoms with Crippen molar-refractivity contribution in [2.45, 2.75) is 32.4 Å². The maximum atomic E-state index is 12.5. The van der Waals surface area contributed by atoms with Gasteiger partial charge in [0, 0.05) is 12.0 Å². The normalized spacial score (nSPS) is 14.7. The van der Waals surface area contributed by atoms with Crippen LogP contribution in [-0.4, -0.2) is 39.0 Å². The van der Waals surface area contributed by atoms with Gasteiger partial charge in [0.2, 0.25) is 0 Å². The number of benzene rings is 1. The van der Waals surface area contributed by atoms with Crippen molar-refractivity contribution in [3.05, 3.63) is 52.3 Å². The van der Waals surface area contributed by atoms with Crippen LogP contribution >= 0.6 is 0 Å². The molecule has 3 amide bonds. The number of H-pyrrole nitrogens is 1. The summed E-state index contributed by atoms with van der Waals surface area (Å²) in [4.78, 5) is 37.7. The number of imide groups is 1. The summed E-state index contributed by atoms with van der Waals surface area (Å²) in [6, 6.07) is 6.58. The van der Waals surface area contributed by atoms with Crippen LogP contribution in [0.5, 0.6) is 0 Å². The van der Waals surface area contributed by atoms with Gasteiger partial charge < -0.3 is 11.5 Å².